The second-order valence-corrected chi connectivity index (χ2v) is 5.14. The number of fused-ring (bicyclic) bond motifs is 1. The van der Waals surface area contributed by atoms with Crippen LogP contribution in [0.3, 0.4) is 0 Å². The van der Waals surface area contributed by atoms with Crippen molar-refractivity contribution < 1.29 is 4.74 Å². The minimum atomic E-state index is 0.837. The molecule has 0 aliphatic rings. The number of benzene rings is 3. The van der Waals surface area contributed by atoms with Gasteiger partial charge < -0.3 is 10.1 Å². The number of hydrogen-bond donors (Lipinski definition) is 1. The Morgan fingerprint density at radius 1 is 0.762 bits per heavy atom. The fraction of sp³-hybridized carbons (Fsp3) is 0.158. The molecule has 0 bridgehead atoms. The van der Waals surface area contributed by atoms with Crippen LogP contribution in [0, 0.1) is 0 Å². The van der Waals surface area contributed by atoms with Gasteiger partial charge in [0.25, 0.3) is 0 Å². The Kier molecular flexibility index (Phi) is 4.17. The Morgan fingerprint density at radius 3 is 2.33 bits per heavy atom. The van der Waals surface area contributed by atoms with Crippen LogP contribution >= 0.6 is 0 Å². The van der Waals surface area contributed by atoms with Crippen molar-refractivity contribution in [2.24, 2.45) is 0 Å². The van der Waals surface area contributed by atoms with Gasteiger partial charge in [0.15, 0.2) is 0 Å². The second-order valence-electron chi connectivity index (χ2n) is 5.14. The monoisotopic (exact) mass is 277 g/mol. The predicted octanol–water partition coefficient (Wildman–Crippen LogP) is 4.14. The lowest BCUT2D eigenvalue weighted by Crippen LogP contribution is -2.12. The van der Waals surface area contributed by atoms with Gasteiger partial charge >= 0.3 is 0 Å². The summed E-state index contributed by atoms with van der Waals surface area (Å²) in [4.78, 5) is 0. The van der Waals surface area contributed by atoms with Gasteiger partial charge in [-0.05, 0) is 40.1 Å². The molecular weight excluding hydrogens is 258 g/mol. The molecule has 2 heteroatoms. The average molecular weight is 277 g/mol. The predicted molar refractivity (Wildman–Crippen MR) is 87.5 cm³/mol. The molecule has 3 aromatic rings. The average Bonchev–Trinajstić information content (AvgIpc) is 2.55. The lowest BCUT2D eigenvalue weighted by molar-refractivity contribution is 0.414. The molecule has 2 nitrogen and oxygen atoms in total. The molecular formula is C19H19NO. The molecule has 0 amide bonds. The van der Waals surface area contributed by atoms with Crippen LogP contribution in [0.5, 0.6) is 5.75 Å². The highest BCUT2D eigenvalue weighted by Gasteiger charge is 1.98. The first-order valence-corrected chi connectivity index (χ1v) is 7.16. The molecule has 0 saturated carbocycles. The minimum absolute atomic E-state index is 0.837. The van der Waals surface area contributed by atoms with Gasteiger partial charge in [0.1, 0.15) is 5.75 Å². The molecule has 0 radical (unpaired) electrons. The normalized spacial score (nSPS) is 10.7. The molecule has 0 saturated heterocycles. The van der Waals surface area contributed by atoms with E-state index in [0.29, 0.717) is 0 Å². The largest absolute Gasteiger partial charge is 0.497 e. The number of hydrogen-bond acceptors (Lipinski definition) is 2. The van der Waals surface area contributed by atoms with E-state index in [-0.39, 0.29) is 0 Å². The van der Waals surface area contributed by atoms with Crippen molar-refractivity contribution in [1.82, 2.24) is 5.32 Å². The van der Waals surface area contributed by atoms with Gasteiger partial charge in [0.05, 0.1) is 7.11 Å². The van der Waals surface area contributed by atoms with Crippen molar-refractivity contribution in [2.45, 2.75) is 13.1 Å². The Morgan fingerprint density at radius 2 is 1.52 bits per heavy atom. The number of methoxy groups -OCH3 is 1. The van der Waals surface area contributed by atoms with Crippen molar-refractivity contribution in [3.05, 3.63) is 77.9 Å². The molecule has 1 N–H and O–H groups in total. The lowest BCUT2D eigenvalue weighted by atomic mass is 10.1. The molecule has 0 atom stereocenters. The van der Waals surface area contributed by atoms with E-state index in [1.54, 1.807) is 7.11 Å². The Labute approximate surface area is 125 Å². The zero-order chi connectivity index (χ0) is 14.5. The zero-order valence-corrected chi connectivity index (χ0v) is 12.2. The quantitative estimate of drug-likeness (QED) is 0.757. The van der Waals surface area contributed by atoms with Crippen LogP contribution < -0.4 is 10.1 Å². The highest BCUT2D eigenvalue weighted by atomic mass is 16.5. The van der Waals surface area contributed by atoms with Gasteiger partial charge in [0.2, 0.25) is 0 Å². The summed E-state index contributed by atoms with van der Waals surface area (Å²) in [6.07, 6.45) is 0. The third-order valence-corrected chi connectivity index (χ3v) is 3.61. The molecule has 106 valence electrons. The van der Waals surface area contributed by atoms with Crippen molar-refractivity contribution in [3.8, 4) is 5.75 Å². The summed E-state index contributed by atoms with van der Waals surface area (Å²) in [6.45, 7) is 1.70. The van der Waals surface area contributed by atoms with E-state index in [2.05, 4.69) is 59.9 Å². The lowest BCUT2D eigenvalue weighted by Gasteiger charge is -2.08. The third-order valence-electron chi connectivity index (χ3n) is 3.61. The summed E-state index contributed by atoms with van der Waals surface area (Å²) in [6, 6.07) is 23.2. The SMILES string of the molecule is COc1cccc(CNCc2ccc3ccccc3c2)c1. The van der Waals surface area contributed by atoms with Crippen LogP contribution in [0.1, 0.15) is 11.1 Å². The van der Waals surface area contributed by atoms with Crippen LogP contribution in [-0.4, -0.2) is 7.11 Å². The maximum absolute atomic E-state index is 5.24. The summed E-state index contributed by atoms with van der Waals surface area (Å²) >= 11 is 0. The number of rotatable bonds is 5. The van der Waals surface area contributed by atoms with E-state index in [9.17, 15) is 0 Å². The summed E-state index contributed by atoms with van der Waals surface area (Å²) in [5.41, 5.74) is 2.53. The van der Waals surface area contributed by atoms with Gasteiger partial charge in [-0.15, -0.1) is 0 Å². The molecule has 3 rings (SSSR count). The van der Waals surface area contributed by atoms with E-state index in [4.69, 9.17) is 4.74 Å². The molecule has 0 fully saturated rings. The van der Waals surface area contributed by atoms with Gasteiger partial charge in [0, 0.05) is 13.1 Å². The summed E-state index contributed by atoms with van der Waals surface area (Å²) in [5, 5.41) is 6.05. The molecule has 0 unspecified atom stereocenters. The van der Waals surface area contributed by atoms with Gasteiger partial charge in [-0.2, -0.15) is 0 Å². The maximum atomic E-state index is 5.24. The summed E-state index contributed by atoms with van der Waals surface area (Å²) in [5.74, 6) is 0.903. The van der Waals surface area contributed by atoms with Crippen LogP contribution in [0.2, 0.25) is 0 Å². The molecule has 21 heavy (non-hydrogen) atoms. The van der Waals surface area contributed by atoms with Crippen LogP contribution in [0.25, 0.3) is 10.8 Å². The van der Waals surface area contributed by atoms with Crippen LogP contribution in [-0.2, 0) is 13.1 Å². The molecule has 3 aromatic carbocycles. The van der Waals surface area contributed by atoms with E-state index >= 15 is 0 Å². The fourth-order valence-electron chi connectivity index (χ4n) is 2.48. The molecule has 0 aromatic heterocycles. The number of ether oxygens (including phenoxy) is 1. The number of nitrogens with one attached hydrogen (secondary N) is 1. The minimum Gasteiger partial charge on any atom is -0.497 e. The molecule has 0 aliphatic carbocycles. The Bertz CT molecular complexity index is 736. The van der Waals surface area contributed by atoms with Crippen molar-refractivity contribution in [1.29, 1.82) is 0 Å². The van der Waals surface area contributed by atoms with Gasteiger partial charge in [-0.25, -0.2) is 0 Å². The van der Waals surface area contributed by atoms with Gasteiger partial charge in [-0.1, -0.05) is 48.5 Å². The highest BCUT2D eigenvalue weighted by molar-refractivity contribution is 5.82. The van der Waals surface area contributed by atoms with Crippen LogP contribution in [0.15, 0.2) is 66.7 Å². The first-order chi connectivity index (χ1) is 10.3. The molecule has 0 aliphatic heterocycles. The topological polar surface area (TPSA) is 21.3 Å². The summed E-state index contributed by atoms with van der Waals surface area (Å²) in [7, 11) is 1.70. The second kappa shape index (κ2) is 6.42. The van der Waals surface area contributed by atoms with Crippen LogP contribution in [0.4, 0.5) is 0 Å². The Balaban J connectivity index is 1.63. The van der Waals surface area contributed by atoms with E-state index in [1.807, 2.05) is 12.1 Å². The highest BCUT2D eigenvalue weighted by Crippen LogP contribution is 2.16. The summed E-state index contributed by atoms with van der Waals surface area (Å²) < 4.78 is 5.24. The van der Waals surface area contributed by atoms with Gasteiger partial charge in [-0.3, -0.25) is 0 Å². The molecule has 0 heterocycles. The first-order valence-electron chi connectivity index (χ1n) is 7.16. The first kappa shape index (κ1) is 13.7. The smallest absolute Gasteiger partial charge is 0.119 e. The zero-order valence-electron chi connectivity index (χ0n) is 12.2. The molecule has 0 spiro atoms. The maximum Gasteiger partial charge on any atom is 0.119 e. The van der Waals surface area contributed by atoms with E-state index < -0.39 is 0 Å². The van der Waals surface area contributed by atoms with Crippen molar-refractivity contribution in [3.63, 3.8) is 0 Å². The standard InChI is InChI=1S/C19H19NO/c1-21-19-8-4-5-15(12-19)13-20-14-16-9-10-17-6-2-3-7-18(17)11-16/h2-12,20H,13-14H2,1H3. The van der Waals surface area contributed by atoms with E-state index in [0.717, 1.165) is 18.8 Å². The van der Waals surface area contributed by atoms with Crippen molar-refractivity contribution >= 4 is 10.8 Å². The van der Waals surface area contributed by atoms with Crippen molar-refractivity contribution in [2.75, 3.05) is 7.11 Å². The fourth-order valence-corrected chi connectivity index (χ4v) is 2.48. The van der Waals surface area contributed by atoms with E-state index in [1.165, 1.54) is 21.9 Å². The third kappa shape index (κ3) is 3.41. The Hall–Kier alpha value is -2.32.